The molecule has 8 nitrogen and oxygen atoms in total. The normalized spacial score (nSPS) is 19.2. The molecule has 212 valence electrons. The molecule has 0 saturated heterocycles. The van der Waals surface area contributed by atoms with E-state index in [4.69, 9.17) is 14.5 Å². The van der Waals surface area contributed by atoms with E-state index < -0.39 is 6.09 Å². The highest BCUT2D eigenvalue weighted by atomic mass is 16.5. The molecule has 8 heteroatoms. The summed E-state index contributed by atoms with van der Waals surface area (Å²) in [6, 6.07) is 17.8. The van der Waals surface area contributed by atoms with E-state index in [2.05, 4.69) is 53.6 Å². The average molecular weight is 537 g/mol. The Balaban J connectivity index is 1.79. The van der Waals surface area contributed by atoms with Crippen LogP contribution in [0, 0.1) is 0 Å². The van der Waals surface area contributed by atoms with E-state index in [0.717, 1.165) is 51.6 Å². The van der Waals surface area contributed by atoms with E-state index in [1.807, 2.05) is 18.2 Å². The van der Waals surface area contributed by atoms with Crippen LogP contribution >= 0.6 is 0 Å². The van der Waals surface area contributed by atoms with Crippen LogP contribution in [0.1, 0.15) is 75.2 Å². The van der Waals surface area contributed by atoms with Crippen LogP contribution < -0.4 is 15.4 Å². The zero-order valence-electron chi connectivity index (χ0n) is 23.9. The highest BCUT2D eigenvalue weighted by Crippen LogP contribution is 2.40. The number of methoxy groups -OCH3 is 1. The monoisotopic (exact) mass is 536 g/mol. The lowest BCUT2D eigenvalue weighted by molar-refractivity contribution is 0.0932. The summed E-state index contributed by atoms with van der Waals surface area (Å²) < 4.78 is 10.6. The van der Waals surface area contributed by atoms with Crippen LogP contribution in [0.15, 0.2) is 59.6 Å². The third-order valence-electron chi connectivity index (χ3n) is 7.32. The van der Waals surface area contributed by atoms with Crippen LogP contribution in [0.25, 0.3) is 0 Å². The minimum absolute atomic E-state index is 0.0693. The molecule has 3 rings (SSSR count). The highest BCUT2D eigenvalue weighted by molar-refractivity contribution is 5.97. The van der Waals surface area contributed by atoms with Gasteiger partial charge in [-0.25, -0.2) is 9.79 Å². The molecule has 2 aromatic carbocycles. The molecule has 1 fully saturated rings. The maximum atomic E-state index is 13.1. The second-order valence-corrected chi connectivity index (χ2v) is 10.0. The van der Waals surface area contributed by atoms with Crippen LogP contribution in [-0.4, -0.2) is 62.3 Å². The standard InChI is InChI=1S/C31H44N4O4/c1-5-21-35(22-6-2)29(34-30(37)39-7-3)33-25-17-19-31(20-18-25,24-13-9-8-10-14-24)23-32-28(36)26-15-11-12-16-27(26)38-4/h8-16,25H,5-7,17-23H2,1-4H3,(H,32,36)(H,33,34,37). The van der Waals surface area contributed by atoms with Crippen molar-refractivity contribution in [3.8, 4) is 5.75 Å². The number of hydrogen-bond acceptors (Lipinski definition) is 5. The number of hydrogen-bond donors (Lipinski definition) is 2. The Morgan fingerprint density at radius 2 is 1.62 bits per heavy atom. The van der Waals surface area contributed by atoms with Crippen molar-refractivity contribution in [2.24, 2.45) is 4.99 Å². The van der Waals surface area contributed by atoms with Gasteiger partial charge in [0, 0.05) is 25.0 Å². The Bertz CT molecular complexity index is 1080. The number of benzene rings is 2. The van der Waals surface area contributed by atoms with Crippen molar-refractivity contribution < 1.29 is 19.1 Å². The van der Waals surface area contributed by atoms with Crippen LogP contribution in [0.5, 0.6) is 5.75 Å². The molecule has 0 aliphatic heterocycles. The second-order valence-electron chi connectivity index (χ2n) is 10.0. The number of carbonyl (C=O) groups excluding carboxylic acids is 2. The van der Waals surface area contributed by atoms with Gasteiger partial charge >= 0.3 is 6.09 Å². The smallest absolute Gasteiger partial charge is 0.413 e. The lowest BCUT2D eigenvalue weighted by atomic mass is 9.68. The van der Waals surface area contributed by atoms with Crippen molar-refractivity contribution in [2.75, 3.05) is 33.4 Å². The molecule has 39 heavy (non-hydrogen) atoms. The van der Waals surface area contributed by atoms with Gasteiger partial charge in [-0.3, -0.25) is 10.1 Å². The third kappa shape index (κ3) is 8.22. The Kier molecular flexibility index (Phi) is 11.6. The summed E-state index contributed by atoms with van der Waals surface area (Å²) in [6.07, 6.45) is 4.87. The zero-order valence-corrected chi connectivity index (χ0v) is 23.9. The van der Waals surface area contributed by atoms with Gasteiger partial charge in [-0.2, -0.15) is 0 Å². The molecule has 2 aromatic rings. The number of para-hydroxylation sites is 1. The lowest BCUT2D eigenvalue weighted by Gasteiger charge is -2.40. The lowest BCUT2D eigenvalue weighted by Crippen LogP contribution is -2.47. The van der Waals surface area contributed by atoms with Crippen LogP contribution in [0.2, 0.25) is 0 Å². The number of carbonyl (C=O) groups is 2. The van der Waals surface area contributed by atoms with Crippen molar-refractivity contribution in [2.45, 2.75) is 70.8 Å². The molecule has 0 bridgehead atoms. The van der Waals surface area contributed by atoms with Gasteiger partial charge in [0.1, 0.15) is 5.75 Å². The SMILES string of the molecule is CCCN(CCC)C(=NC1CCC(CNC(=O)c2ccccc2OC)(c2ccccc2)CC1)NC(=O)OCC. The van der Waals surface area contributed by atoms with Gasteiger partial charge in [-0.15, -0.1) is 0 Å². The maximum Gasteiger partial charge on any atom is 0.413 e. The molecular weight excluding hydrogens is 492 g/mol. The predicted molar refractivity (Wildman–Crippen MR) is 155 cm³/mol. The Labute approximate surface area is 233 Å². The summed E-state index contributed by atoms with van der Waals surface area (Å²) in [4.78, 5) is 32.6. The first kappa shape index (κ1) is 30.0. The van der Waals surface area contributed by atoms with Gasteiger partial charge in [0.2, 0.25) is 5.96 Å². The van der Waals surface area contributed by atoms with E-state index in [1.54, 1.807) is 26.2 Å². The Hall–Kier alpha value is -3.55. The second kappa shape index (κ2) is 15.1. The van der Waals surface area contributed by atoms with Crippen LogP contribution in [0.4, 0.5) is 4.79 Å². The van der Waals surface area contributed by atoms with Crippen molar-refractivity contribution >= 4 is 18.0 Å². The third-order valence-corrected chi connectivity index (χ3v) is 7.32. The van der Waals surface area contributed by atoms with Crippen molar-refractivity contribution in [1.82, 2.24) is 15.5 Å². The molecule has 2 N–H and O–H groups in total. The minimum Gasteiger partial charge on any atom is -0.496 e. The molecule has 0 spiro atoms. The number of alkyl carbamates (subject to hydrolysis) is 1. The molecule has 0 unspecified atom stereocenters. The van der Waals surface area contributed by atoms with E-state index in [9.17, 15) is 9.59 Å². The Morgan fingerprint density at radius 3 is 2.23 bits per heavy atom. The number of aliphatic imine (C=N–C) groups is 1. The first-order chi connectivity index (χ1) is 19.0. The molecular formula is C31H44N4O4. The highest BCUT2D eigenvalue weighted by Gasteiger charge is 2.37. The molecule has 0 radical (unpaired) electrons. The molecule has 0 heterocycles. The quantitative estimate of drug-likeness (QED) is 0.291. The Morgan fingerprint density at radius 1 is 0.974 bits per heavy atom. The van der Waals surface area contributed by atoms with E-state index in [-0.39, 0.29) is 17.4 Å². The van der Waals surface area contributed by atoms with E-state index >= 15 is 0 Å². The van der Waals surface area contributed by atoms with Crippen LogP contribution in [0.3, 0.4) is 0 Å². The van der Waals surface area contributed by atoms with Crippen molar-refractivity contribution in [3.05, 3.63) is 65.7 Å². The van der Waals surface area contributed by atoms with Crippen LogP contribution in [-0.2, 0) is 10.2 Å². The molecule has 1 saturated carbocycles. The van der Waals surface area contributed by atoms with Crippen molar-refractivity contribution in [1.29, 1.82) is 0 Å². The number of rotatable bonds is 11. The first-order valence-corrected chi connectivity index (χ1v) is 14.2. The molecule has 1 aliphatic rings. The summed E-state index contributed by atoms with van der Waals surface area (Å²) in [7, 11) is 1.58. The summed E-state index contributed by atoms with van der Waals surface area (Å²) in [5.74, 6) is 1.02. The summed E-state index contributed by atoms with van der Waals surface area (Å²) in [5.41, 5.74) is 1.55. The molecule has 2 amide bonds. The average Bonchev–Trinajstić information content (AvgIpc) is 2.97. The van der Waals surface area contributed by atoms with Gasteiger partial charge < -0.3 is 19.7 Å². The minimum atomic E-state index is -0.470. The van der Waals surface area contributed by atoms with Gasteiger partial charge in [-0.1, -0.05) is 56.3 Å². The summed E-state index contributed by atoms with van der Waals surface area (Å²) in [5, 5.41) is 6.10. The largest absolute Gasteiger partial charge is 0.496 e. The summed E-state index contributed by atoms with van der Waals surface area (Å²) >= 11 is 0. The van der Waals surface area contributed by atoms with Crippen molar-refractivity contribution in [3.63, 3.8) is 0 Å². The number of nitrogens with one attached hydrogen (secondary N) is 2. The number of guanidine groups is 1. The number of nitrogens with zero attached hydrogens (tertiary/aromatic N) is 2. The molecule has 0 aromatic heterocycles. The van der Waals surface area contributed by atoms with E-state index in [1.165, 1.54) is 5.56 Å². The maximum absolute atomic E-state index is 13.1. The fraction of sp³-hybridized carbons (Fsp3) is 0.516. The first-order valence-electron chi connectivity index (χ1n) is 14.2. The van der Waals surface area contributed by atoms with Gasteiger partial charge in [-0.05, 0) is 63.1 Å². The van der Waals surface area contributed by atoms with Gasteiger partial charge in [0.05, 0.1) is 25.3 Å². The predicted octanol–water partition coefficient (Wildman–Crippen LogP) is 5.53. The molecule has 0 atom stereocenters. The zero-order chi connectivity index (χ0) is 28.1. The molecule has 1 aliphatic carbocycles. The number of ether oxygens (including phenoxy) is 2. The topological polar surface area (TPSA) is 92.3 Å². The number of amides is 2. The van der Waals surface area contributed by atoms with Gasteiger partial charge in [0.15, 0.2) is 0 Å². The fourth-order valence-electron chi connectivity index (χ4n) is 5.31. The summed E-state index contributed by atoms with van der Waals surface area (Å²) in [6.45, 7) is 8.50. The van der Waals surface area contributed by atoms with E-state index in [0.29, 0.717) is 30.4 Å². The fourth-order valence-corrected chi connectivity index (χ4v) is 5.31. The van der Waals surface area contributed by atoms with Gasteiger partial charge in [0.25, 0.3) is 5.91 Å².